The van der Waals surface area contributed by atoms with Crippen molar-refractivity contribution in [3.05, 3.63) is 0 Å². The Morgan fingerprint density at radius 2 is 1.71 bits per heavy atom. The molecule has 1 heterocycles. The summed E-state index contributed by atoms with van der Waals surface area (Å²) < 4.78 is 0. The third-order valence-corrected chi connectivity index (χ3v) is 4.18. The summed E-state index contributed by atoms with van der Waals surface area (Å²) in [5.41, 5.74) is -1.09. The van der Waals surface area contributed by atoms with Gasteiger partial charge in [0.25, 0.3) is 0 Å². The molecule has 96 valence electrons. The fraction of sp³-hybridized carbons (Fsp3) is 0.846. The Hall–Kier alpha value is -1.06. The van der Waals surface area contributed by atoms with Gasteiger partial charge in [0, 0.05) is 13.1 Å². The van der Waals surface area contributed by atoms with Gasteiger partial charge in [-0.3, -0.25) is 9.59 Å². The average Bonchev–Trinajstić information content (AvgIpc) is 2.13. The van der Waals surface area contributed by atoms with Crippen LogP contribution in [0.2, 0.25) is 0 Å². The maximum absolute atomic E-state index is 12.4. The first-order valence-electron chi connectivity index (χ1n) is 6.48. The van der Waals surface area contributed by atoms with E-state index in [1.165, 1.54) is 0 Å². The van der Waals surface area contributed by atoms with E-state index in [0.717, 1.165) is 25.9 Å². The Bertz CT molecular complexity index is 326. The van der Waals surface area contributed by atoms with Gasteiger partial charge in [0.05, 0.1) is 0 Å². The molecule has 2 fully saturated rings. The molecule has 1 aliphatic heterocycles. The average molecular weight is 239 g/mol. The van der Waals surface area contributed by atoms with Crippen molar-refractivity contribution in [2.24, 2.45) is 17.3 Å². The normalized spacial score (nSPS) is 31.8. The number of nitrogens with zero attached hydrogens (tertiary/aromatic N) is 1. The molecule has 4 heteroatoms. The molecule has 0 aromatic rings. The fourth-order valence-electron chi connectivity index (χ4n) is 3.18. The van der Waals surface area contributed by atoms with Gasteiger partial charge in [0.1, 0.15) is 5.41 Å². The van der Waals surface area contributed by atoms with Crippen LogP contribution in [0.1, 0.15) is 39.5 Å². The Kier molecular flexibility index (Phi) is 3.15. The second-order valence-corrected chi connectivity index (χ2v) is 5.90. The molecule has 0 aromatic heterocycles. The van der Waals surface area contributed by atoms with E-state index in [2.05, 4.69) is 13.8 Å². The molecule has 2 atom stereocenters. The molecule has 0 radical (unpaired) electrons. The highest BCUT2D eigenvalue weighted by atomic mass is 16.4. The largest absolute Gasteiger partial charge is 0.480 e. The zero-order valence-corrected chi connectivity index (χ0v) is 10.6. The minimum Gasteiger partial charge on any atom is -0.480 e. The summed E-state index contributed by atoms with van der Waals surface area (Å²) in [5, 5.41) is 9.27. The van der Waals surface area contributed by atoms with Gasteiger partial charge in [-0.2, -0.15) is 0 Å². The van der Waals surface area contributed by atoms with Gasteiger partial charge in [-0.25, -0.2) is 0 Å². The molecule has 2 rings (SSSR count). The van der Waals surface area contributed by atoms with Crippen LogP contribution in [0, 0.1) is 17.3 Å². The molecule has 17 heavy (non-hydrogen) atoms. The molecule has 0 spiro atoms. The van der Waals surface area contributed by atoms with Gasteiger partial charge < -0.3 is 10.0 Å². The number of carboxylic acid groups (broad SMARTS) is 1. The van der Waals surface area contributed by atoms with Gasteiger partial charge in [-0.1, -0.05) is 20.3 Å². The summed E-state index contributed by atoms with van der Waals surface area (Å²) in [6, 6.07) is 0. The van der Waals surface area contributed by atoms with Crippen molar-refractivity contribution in [1.29, 1.82) is 0 Å². The standard InChI is InChI=1S/C13H21NO3/c1-9-6-10(2)8-14(7-9)11(15)13(12(16)17)4-3-5-13/h9-10H,3-8H2,1-2H3,(H,16,17). The highest BCUT2D eigenvalue weighted by molar-refractivity contribution is 6.02. The topological polar surface area (TPSA) is 57.6 Å². The Labute approximate surface area is 102 Å². The summed E-state index contributed by atoms with van der Waals surface area (Å²) >= 11 is 0. The molecule has 1 saturated heterocycles. The third-order valence-electron chi connectivity index (χ3n) is 4.18. The molecule has 1 amide bonds. The smallest absolute Gasteiger partial charge is 0.319 e. The van der Waals surface area contributed by atoms with Crippen molar-refractivity contribution in [3.8, 4) is 0 Å². The number of rotatable bonds is 2. The van der Waals surface area contributed by atoms with Crippen LogP contribution in [0.3, 0.4) is 0 Å². The Balaban J connectivity index is 2.11. The molecule has 4 nitrogen and oxygen atoms in total. The molecular weight excluding hydrogens is 218 g/mol. The number of carboxylic acids is 1. The summed E-state index contributed by atoms with van der Waals surface area (Å²) in [5.74, 6) is -0.114. The van der Waals surface area contributed by atoms with Crippen LogP contribution in [0.4, 0.5) is 0 Å². The second kappa shape index (κ2) is 4.31. The van der Waals surface area contributed by atoms with Crippen molar-refractivity contribution in [2.75, 3.05) is 13.1 Å². The quantitative estimate of drug-likeness (QED) is 0.747. The van der Waals surface area contributed by atoms with E-state index >= 15 is 0 Å². The monoisotopic (exact) mass is 239 g/mol. The molecule has 0 bridgehead atoms. The van der Waals surface area contributed by atoms with Gasteiger partial charge >= 0.3 is 5.97 Å². The van der Waals surface area contributed by atoms with Gasteiger partial charge in [0.15, 0.2) is 0 Å². The van der Waals surface area contributed by atoms with Crippen molar-refractivity contribution < 1.29 is 14.7 Å². The second-order valence-electron chi connectivity index (χ2n) is 5.90. The molecular formula is C13H21NO3. The van der Waals surface area contributed by atoms with E-state index in [9.17, 15) is 14.7 Å². The summed E-state index contributed by atoms with van der Waals surface area (Å²) in [6.07, 6.45) is 3.02. The number of likely N-dealkylation sites (tertiary alicyclic amines) is 1. The third kappa shape index (κ3) is 2.05. The Morgan fingerprint density at radius 3 is 2.06 bits per heavy atom. The highest BCUT2D eigenvalue weighted by Crippen LogP contribution is 2.43. The number of hydrogen-bond donors (Lipinski definition) is 1. The molecule has 1 saturated carbocycles. The van der Waals surface area contributed by atoms with Gasteiger partial charge in [-0.15, -0.1) is 0 Å². The fourth-order valence-corrected chi connectivity index (χ4v) is 3.18. The zero-order valence-electron chi connectivity index (χ0n) is 10.6. The summed E-state index contributed by atoms with van der Waals surface area (Å²) in [6.45, 7) is 5.70. The molecule has 1 N–H and O–H groups in total. The highest BCUT2D eigenvalue weighted by Gasteiger charge is 2.53. The van der Waals surface area contributed by atoms with E-state index in [1.54, 1.807) is 4.90 Å². The lowest BCUT2D eigenvalue weighted by molar-refractivity contribution is -0.168. The van der Waals surface area contributed by atoms with E-state index in [0.29, 0.717) is 24.7 Å². The van der Waals surface area contributed by atoms with Crippen molar-refractivity contribution in [3.63, 3.8) is 0 Å². The predicted molar refractivity (Wildman–Crippen MR) is 63.4 cm³/mol. The lowest BCUT2D eigenvalue weighted by Gasteiger charge is -2.43. The van der Waals surface area contributed by atoms with E-state index in [4.69, 9.17) is 0 Å². The zero-order chi connectivity index (χ0) is 12.6. The van der Waals surface area contributed by atoms with Crippen molar-refractivity contribution >= 4 is 11.9 Å². The lowest BCUT2D eigenvalue weighted by Crippen LogP contribution is -2.55. The van der Waals surface area contributed by atoms with Crippen molar-refractivity contribution in [1.82, 2.24) is 4.90 Å². The molecule has 2 unspecified atom stereocenters. The van der Waals surface area contributed by atoms with Gasteiger partial charge in [0.2, 0.25) is 5.91 Å². The molecule has 0 aromatic carbocycles. The lowest BCUT2D eigenvalue weighted by atomic mass is 9.67. The van der Waals surface area contributed by atoms with Crippen LogP contribution in [0.15, 0.2) is 0 Å². The van der Waals surface area contributed by atoms with Crippen LogP contribution in [-0.2, 0) is 9.59 Å². The van der Waals surface area contributed by atoms with E-state index < -0.39 is 11.4 Å². The van der Waals surface area contributed by atoms with Crippen LogP contribution < -0.4 is 0 Å². The number of carbonyl (C=O) groups excluding carboxylic acids is 1. The summed E-state index contributed by atoms with van der Waals surface area (Å²) in [4.78, 5) is 25.5. The van der Waals surface area contributed by atoms with Gasteiger partial charge in [-0.05, 0) is 31.1 Å². The van der Waals surface area contributed by atoms with Crippen LogP contribution >= 0.6 is 0 Å². The minimum absolute atomic E-state index is 0.144. The molecule has 2 aliphatic rings. The van der Waals surface area contributed by atoms with Crippen LogP contribution in [-0.4, -0.2) is 35.0 Å². The maximum Gasteiger partial charge on any atom is 0.319 e. The first kappa shape index (κ1) is 12.4. The van der Waals surface area contributed by atoms with E-state index in [1.807, 2.05) is 0 Å². The first-order valence-corrected chi connectivity index (χ1v) is 6.48. The molecule has 1 aliphatic carbocycles. The van der Waals surface area contributed by atoms with Crippen molar-refractivity contribution in [2.45, 2.75) is 39.5 Å². The predicted octanol–water partition coefficient (Wildman–Crippen LogP) is 1.75. The number of hydrogen-bond acceptors (Lipinski definition) is 2. The maximum atomic E-state index is 12.4. The SMILES string of the molecule is CC1CC(C)CN(C(=O)C2(C(=O)O)CCC2)C1. The van der Waals surface area contributed by atoms with Crippen LogP contribution in [0.25, 0.3) is 0 Å². The minimum atomic E-state index is -1.09. The summed E-state index contributed by atoms with van der Waals surface area (Å²) in [7, 11) is 0. The Morgan fingerprint density at radius 1 is 1.18 bits per heavy atom. The van der Waals surface area contributed by atoms with Crippen LogP contribution in [0.5, 0.6) is 0 Å². The number of aliphatic carboxylic acids is 1. The van der Waals surface area contributed by atoms with E-state index in [-0.39, 0.29) is 5.91 Å². The number of piperidine rings is 1. The number of carbonyl (C=O) groups is 2. The first-order chi connectivity index (χ1) is 7.95. The number of amides is 1.